The van der Waals surface area contributed by atoms with E-state index in [0.29, 0.717) is 26.7 Å². The van der Waals surface area contributed by atoms with Gasteiger partial charge in [0.05, 0.1) is 22.0 Å². The van der Waals surface area contributed by atoms with Crippen molar-refractivity contribution in [3.63, 3.8) is 0 Å². The fourth-order valence-electron chi connectivity index (χ4n) is 2.78. The number of benzene rings is 3. The van der Waals surface area contributed by atoms with E-state index >= 15 is 0 Å². The molecule has 0 unspecified atom stereocenters. The summed E-state index contributed by atoms with van der Waals surface area (Å²) in [4.78, 5) is 21.6. The number of hydrogen-bond donors (Lipinski definition) is 2. The monoisotopic (exact) mass is 454 g/mol. The van der Waals surface area contributed by atoms with Crippen LogP contribution in [0.4, 0.5) is 17.2 Å². The molecule has 1 amide bonds. The van der Waals surface area contributed by atoms with Gasteiger partial charge in [0.2, 0.25) is 5.91 Å². The average Bonchev–Trinajstić information content (AvgIpc) is 2.75. The number of hydrogen-bond acceptors (Lipinski definition) is 5. The second-order valence-electron chi connectivity index (χ2n) is 6.32. The number of amides is 1. The minimum atomic E-state index is -0.210. The van der Waals surface area contributed by atoms with E-state index in [2.05, 4.69) is 20.6 Å². The van der Waals surface area contributed by atoms with Crippen molar-refractivity contribution in [1.29, 1.82) is 0 Å². The molecule has 0 atom stereocenters. The van der Waals surface area contributed by atoms with Crippen molar-refractivity contribution in [2.75, 3.05) is 16.4 Å². The molecular formula is C22H16Cl2N4OS. The zero-order valence-electron chi connectivity index (χ0n) is 15.6. The zero-order valence-corrected chi connectivity index (χ0v) is 17.9. The number of anilines is 3. The van der Waals surface area contributed by atoms with Crippen LogP contribution in [0.15, 0.2) is 78.0 Å². The Morgan fingerprint density at radius 3 is 2.50 bits per heavy atom. The molecule has 0 spiro atoms. The predicted octanol–water partition coefficient (Wildman–Crippen LogP) is 6.41. The zero-order chi connectivity index (χ0) is 20.9. The summed E-state index contributed by atoms with van der Waals surface area (Å²) < 4.78 is 0. The summed E-state index contributed by atoms with van der Waals surface area (Å²) in [6.45, 7) is 0. The highest BCUT2D eigenvalue weighted by atomic mass is 35.5. The van der Waals surface area contributed by atoms with Gasteiger partial charge < -0.3 is 10.6 Å². The van der Waals surface area contributed by atoms with Crippen LogP contribution in [0, 0.1) is 0 Å². The molecule has 2 N–H and O–H groups in total. The molecule has 0 aliphatic carbocycles. The summed E-state index contributed by atoms with van der Waals surface area (Å²) >= 11 is 13.3. The summed E-state index contributed by atoms with van der Waals surface area (Å²) in [5, 5.41) is 8.42. The Morgan fingerprint density at radius 2 is 1.70 bits per heavy atom. The molecule has 0 fully saturated rings. The first-order chi connectivity index (χ1) is 14.6. The third kappa shape index (κ3) is 5.02. The molecule has 150 valence electrons. The maximum atomic E-state index is 12.4. The molecule has 4 rings (SSSR count). The molecule has 1 heterocycles. The van der Waals surface area contributed by atoms with E-state index < -0.39 is 0 Å². The number of thioether (sulfide) groups is 1. The van der Waals surface area contributed by atoms with Crippen LogP contribution in [0.25, 0.3) is 10.9 Å². The molecule has 0 radical (unpaired) electrons. The summed E-state index contributed by atoms with van der Waals surface area (Å²) in [6.07, 6.45) is 0. The number of halogens is 2. The third-order valence-electron chi connectivity index (χ3n) is 4.16. The van der Waals surface area contributed by atoms with Crippen molar-refractivity contribution in [3.8, 4) is 0 Å². The van der Waals surface area contributed by atoms with Crippen LogP contribution in [0.2, 0.25) is 10.0 Å². The molecule has 30 heavy (non-hydrogen) atoms. The highest BCUT2D eigenvalue weighted by molar-refractivity contribution is 7.99. The van der Waals surface area contributed by atoms with Crippen LogP contribution >= 0.6 is 35.0 Å². The van der Waals surface area contributed by atoms with Crippen LogP contribution < -0.4 is 10.6 Å². The largest absolute Gasteiger partial charge is 0.340 e. The molecular weight excluding hydrogens is 439 g/mol. The van der Waals surface area contributed by atoms with E-state index in [4.69, 9.17) is 23.2 Å². The number of carbonyl (C=O) groups excluding carboxylic acids is 1. The van der Waals surface area contributed by atoms with E-state index in [1.807, 2.05) is 54.6 Å². The summed E-state index contributed by atoms with van der Waals surface area (Å²) in [7, 11) is 0. The Balaban J connectivity index is 1.51. The molecule has 8 heteroatoms. The predicted molar refractivity (Wildman–Crippen MR) is 125 cm³/mol. The van der Waals surface area contributed by atoms with Crippen molar-refractivity contribution in [2.45, 2.75) is 5.16 Å². The molecule has 0 aliphatic heterocycles. The standard InChI is InChI=1S/C22H16Cl2N4OS/c23-14-10-11-19(17(24)12-14)26-20(29)13-30-22-27-18-9-5-4-8-16(18)21(28-22)25-15-6-2-1-3-7-15/h1-12H,13H2,(H,26,29)(H,25,27,28). The van der Waals surface area contributed by atoms with Gasteiger partial charge in [0.15, 0.2) is 5.16 Å². The molecule has 0 saturated carbocycles. The lowest BCUT2D eigenvalue weighted by molar-refractivity contribution is -0.113. The smallest absolute Gasteiger partial charge is 0.234 e. The minimum absolute atomic E-state index is 0.141. The van der Waals surface area contributed by atoms with Gasteiger partial charge in [0, 0.05) is 16.1 Å². The van der Waals surface area contributed by atoms with Crippen molar-refractivity contribution in [3.05, 3.63) is 82.8 Å². The number of nitrogens with one attached hydrogen (secondary N) is 2. The van der Waals surface area contributed by atoms with Gasteiger partial charge in [-0.2, -0.15) is 0 Å². The van der Waals surface area contributed by atoms with Gasteiger partial charge in [-0.3, -0.25) is 4.79 Å². The molecule has 3 aromatic carbocycles. The van der Waals surface area contributed by atoms with Crippen molar-refractivity contribution < 1.29 is 4.79 Å². The lowest BCUT2D eigenvalue weighted by atomic mass is 10.2. The number of nitrogens with zero attached hydrogens (tertiary/aromatic N) is 2. The normalized spacial score (nSPS) is 10.7. The lowest BCUT2D eigenvalue weighted by Crippen LogP contribution is -2.14. The Kier molecular flexibility index (Phi) is 6.38. The number of carbonyl (C=O) groups is 1. The van der Waals surface area contributed by atoms with Gasteiger partial charge in [-0.15, -0.1) is 0 Å². The van der Waals surface area contributed by atoms with Gasteiger partial charge in [0.1, 0.15) is 5.82 Å². The van der Waals surface area contributed by atoms with Gasteiger partial charge >= 0.3 is 0 Å². The molecule has 0 aliphatic rings. The quantitative estimate of drug-likeness (QED) is 0.260. The first-order valence-corrected chi connectivity index (χ1v) is 10.8. The van der Waals surface area contributed by atoms with E-state index in [1.54, 1.807) is 18.2 Å². The number of para-hydroxylation sites is 2. The van der Waals surface area contributed by atoms with E-state index in [9.17, 15) is 4.79 Å². The van der Waals surface area contributed by atoms with Gasteiger partial charge in [0.25, 0.3) is 0 Å². The van der Waals surface area contributed by atoms with Crippen LogP contribution in [-0.2, 0) is 4.79 Å². The summed E-state index contributed by atoms with van der Waals surface area (Å²) in [5.74, 6) is 0.622. The number of fused-ring (bicyclic) bond motifs is 1. The Hall–Kier alpha value is -2.80. The minimum Gasteiger partial charge on any atom is -0.340 e. The highest BCUT2D eigenvalue weighted by Crippen LogP contribution is 2.28. The van der Waals surface area contributed by atoms with Crippen LogP contribution in [0.3, 0.4) is 0 Å². The fourth-order valence-corrected chi connectivity index (χ4v) is 3.89. The molecule has 4 aromatic rings. The summed E-state index contributed by atoms with van der Waals surface area (Å²) in [5.41, 5.74) is 2.24. The maximum Gasteiger partial charge on any atom is 0.234 e. The molecule has 0 saturated heterocycles. The lowest BCUT2D eigenvalue weighted by Gasteiger charge is -2.11. The number of aromatic nitrogens is 2. The van der Waals surface area contributed by atoms with Gasteiger partial charge in [-0.1, -0.05) is 65.3 Å². The third-order valence-corrected chi connectivity index (χ3v) is 5.55. The molecule has 5 nitrogen and oxygen atoms in total. The second kappa shape index (κ2) is 9.34. The number of rotatable bonds is 6. The van der Waals surface area contributed by atoms with Gasteiger partial charge in [-0.05, 0) is 42.5 Å². The first-order valence-electron chi connectivity index (χ1n) is 9.05. The highest BCUT2D eigenvalue weighted by Gasteiger charge is 2.12. The average molecular weight is 455 g/mol. The fraction of sp³-hybridized carbons (Fsp3) is 0.0455. The Morgan fingerprint density at radius 1 is 0.933 bits per heavy atom. The van der Waals surface area contributed by atoms with Gasteiger partial charge in [-0.25, -0.2) is 9.97 Å². The van der Waals surface area contributed by atoms with Crippen LogP contribution in [0.1, 0.15) is 0 Å². The molecule has 1 aromatic heterocycles. The van der Waals surface area contributed by atoms with Crippen LogP contribution in [0.5, 0.6) is 0 Å². The van der Waals surface area contributed by atoms with E-state index in [1.165, 1.54) is 11.8 Å². The first kappa shape index (κ1) is 20.5. The molecule has 0 bridgehead atoms. The Labute approximate surface area is 187 Å². The van der Waals surface area contributed by atoms with Crippen molar-refractivity contribution >= 4 is 69.0 Å². The topological polar surface area (TPSA) is 66.9 Å². The Bertz CT molecular complexity index is 1200. The van der Waals surface area contributed by atoms with E-state index in [-0.39, 0.29) is 11.7 Å². The maximum absolute atomic E-state index is 12.4. The van der Waals surface area contributed by atoms with Crippen LogP contribution in [-0.4, -0.2) is 21.6 Å². The second-order valence-corrected chi connectivity index (χ2v) is 8.11. The van der Waals surface area contributed by atoms with Crippen molar-refractivity contribution in [2.24, 2.45) is 0 Å². The summed E-state index contributed by atoms with van der Waals surface area (Å²) in [6, 6.07) is 22.5. The van der Waals surface area contributed by atoms with Crippen molar-refractivity contribution in [1.82, 2.24) is 9.97 Å². The van der Waals surface area contributed by atoms with E-state index in [0.717, 1.165) is 16.6 Å². The SMILES string of the molecule is O=C(CSc1nc(Nc2ccccc2)c2ccccc2n1)Nc1ccc(Cl)cc1Cl.